The van der Waals surface area contributed by atoms with Gasteiger partial charge in [0.2, 0.25) is 0 Å². The third kappa shape index (κ3) is 4.35. The zero-order valence-electron chi connectivity index (χ0n) is 14.2. The molecule has 3 nitrogen and oxygen atoms in total. The zero-order valence-corrected chi connectivity index (χ0v) is 14.9. The smallest absolute Gasteiger partial charge is 0.162 e. The molecule has 0 heterocycles. The summed E-state index contributed by atoms with van der Waals surface area (Å²) in [6.07, 6.45) is 6.68. The van der Waals surface area contributed by atoms with Gasteiger partial charge in [-0.1, -0.05) is 29.8 Å². The Kier molecular flexibility index (Phi) is 5.63. The molecule has 0 N–H and O–H groups in total. The summed E-state index contributed by atoms with van der Waals surface area (Å²) in [5, 5.41) is 10.2. The SMILES string of the molecule is COc1ccc(/C=C(\C#N)c2ccc(Cl)cc2)cc1OC1CCCC1. The molecule has 3 rings (SSSR count). The van der Waals surface area contributed by atoms with E-state index in [1.807, 2.05) is 36.4 Å². The molecule has 0 amide bonds. The van der Waals surface area contributed by atoms with Crippen LogP contribution in [0.3, 0.4) is 0 Å². The molecule has 0 bridgehead atoms. The minimum atomic E-state index is 0.250. The first-order chi connectivity index (χ1) is 12.2. The fourth-order valence-corrected chi connectivity index (χ4v) is 3.16. The molecule has 1 fully saturated rings. The summed E-state index contributed by atoms with van der Waals surface area (Å²) in [5.74, 6) is 1.45. The van der Waals surface area contributed by atoms with E-state index in [0.717, 1.165) is 29.7 Å². The van der Waals surface area contributed by atoms with Gasteiger partial charge in [0.15, 0.2) is 11.5 Å². The fourth-order valence-electron chi connectivity index (χ4n) is 3.04. The second-order valence-corrected chi connectivity index (χ2v) is 6.55. The standard InChI is InChI=1S/C21H20ClNO2/c1-24-20-11-6-15(13-21(20)25-19-4-2-3-5-19)12-17(14-23)16-7-9-18(22)10-8-16/h6-13,19H,2-5H2,1H3/b17-12+. The van der Waals surface area contributed by atoms with Crippen LogP contribution >= 0.6 is 11.6 Å². The molecule has 4 heteroatoms. The minimum absolute atomic E-state index is 0.250. The van der Waals surface area contributed by atoms with Crippen LogP contribution in [0.4, 0.5) is 0 Å². The Morgan fingerprint density at radius 3 is 2.48 bits per heavy atom. The maximum atomic E-state index is 9.50. The Morgan fingerprint density at radius 1 is 1.12 bits per heavy atom. The van der Waals surface area contributed by atoms with Crippen LogP contribution in [0.15, 0.2) is 42.5 Å². The van der Waals surface area contributed by atoms with Crippen LogP contribution in [0.5, 0.6) is 11.5 Å². The first-order valence-corrected chi connectivity index (χ1v) is 8.80. The molecular formula is C21H20ClNO2. The van der Waals surface area contributed by atoms with Gasteiger partial charge < -0.3 is 9.47 Å². The normalized spacial score (nSPS) is 15.0. The second kappa shape index (κ2) is 8.09. The minimum Gasteiger partial charge on any atom is -0.493 e. The molecule has 0 aromatic heterocycles. The number of methoxy groups -OCH3 is 1. The molecule has 1 aliphatic rings. The van der Waals surface area contributed by atoms with Gasteiger partial charge in [-0.05, 0) is 67.2 Å². The Labute approximate surface area is 153 Å². The van der Waals surface area contributed by atoms with E-state index in [4.69, 9.17) is 21.1 Å². The van der Waals surface area contributed by atoms with Crippen molar-refractivity contribution in [2.45, 2.75) is 31.8 Å². The van der Waals surface area contributed by atoms with E-state index < -0.39 is 0 Å². The van der Waals surface area contributed by atoms with Crippen LogP contribution in [-0.2, 0) is 0 Å². The third-order valence-electron chi connectivity index (χ3n) is 4.37. The van der Waals surface area contributed by atoms with Crippen molar-refractivity contribution in [2.75, 3.05) is 7.11 Å². The average Bonchev–Trinajstić information content (AvgIpc) is 3.14. The summed E-state index contributed by atoms with van der Waals surface area (Å²) in [6, 6.07) is 15.2. The van der Waals surface area contributed by atoms with E-state index >= 15 is 0 Å². The van der Waals surface area contributed by atoms with Crippen molar-refractivity contribution in [3.63, 3.8) is 0 Å². The zero-order chi connectivity index (χ0) is 17.6. The molecule has 0 unspecified atom stereocenters. The van der Waals surface area contributed by atoms with Crippen molar-refractivity contribution in [3.05, 3.63) is 58.6 Å². The molecule has 2 aromatic rings. The molecule has 128 valence electrons. The summed E-state index contributed by atoms with van der Waals surface area (Å²) < 4.78 is 11.5. The lowest BCUT2D eigenvalue weighted by atomic mass is 10.0. The van der Waals surface area contributed by atoms with Crippen molar-refractivity contribution in [2.24, 2.45) is 0 Å². The number of benzene rings is 2. The predicted molar refractivity (Wildman–Crippen MR) is 101 cm³/mol. The maximum Gasteiger partial charge on any atom is 0.162 e. The van der Waals surface area contributed by atoms with Crippen LogP contribution in [0.2, 0.25) is 5.02 Å². The van der Waals surface area contributed by atoms with Crippen molar-refractivity contribution < 1.29 is 9.47 Å². The first kappa shape index (κ1) is 17.4. The number of hydrogen-bond acceptors (Lipinski definition) is 3. The molecule has 25 heavy (non-hydrogen) atoms. The number of rotatable bonds is 5. The van der Waals surface area contributed by atoms with Crippen molar-refractivity contribution >= 4 is 23.3 Å². The van der Waals surface area contributed by atoms with E-state index in [-0.39, 0.29) is 6.10 Å². The predicted octanol–water partition coefficient (Wildman–Crippen LogP) is 5.73. The third-order valence-corrected chi connectivity index (χ3v) is 4.62. The van der Waals surface area contributed by atoms with Crippen LogP contribution in [0.1, 0.15) is 36.8 Å². The van der Waals surface area contributed by atoms with E-state index in [0.29, 0.717) is 16.3 Å². The summed E-state index contributed by atoms with van der Waals surface area (Å²) in [5.41, 5.74) is 2.31. The van der Waals surface area contributed by atoms with E-state index in [1.54, 1.807) is 19.2 Å². The number of ether oxygens (including phenoxy) is 2. The molecule has 2 aromatic carbocycles. The number of nitrogens with zero attached hydrogens (tertiary/aromatic N) is 1. The Hall–Kier alpha value is -2.44. The van der Waals surface area contributed by atoms with Gasteiger partial charge in [-0.2, -0.15) is 5.26 Å². The van der Waals surface area contributed by atoms with Gasteiger partial charge in [0.25, 0.3) is 0 Å². The molecule has 1 aliphatic carbocycles. The Balaban J connectivity index is 1.90. The van der Waals surface area contributed by atoms with Crippen molar-refractivity contribution in [1.82, 2.24) is 0 Å². The summed E-state index contributed by atoms with van der Waals surface area (Å²) in [4.78, 5) is 0. The molecule has 1 saturated carbocycles. The van der Waals surface area contributed by atoms with Gasteiger partial charge in [-0.15, -0.1) is 0 Å². The average molecular weight is 354 g/mol. The maximum absolute atomic E-state index is 9.50. The molecule has 0 radical (unpaired) electrons. The Morgan fingerprint density at radius 2 is 1.84 bits per heavy atom. The van der Waals surface area contributed by atoms with Crippen LogP contribution < -0.4 is 9.47 Å². The van der Waals surface area contributed by atoms with Crippen LogP contribution in [0, 0.1) is 11.3 Å². The van der Waals surface area contributed by atoms with Crippen molar-refractivity contribution in [1.29, 1.82) is 5.26 Å². The van der Waals surface area contributed by atoms with Crippen LogP contribution in [0.25, 0.3) is 11.6 Å². The lowest BCUT2D eigenvalue weighted by Gasteiger charge is -2.16. The van der Waals surface area contributed by atoms with Gasteiger partial charge in [-0.25, -0.2) is 0 Å². The summed E-state index contributed by atoms with van der Waals surface area (Å²) >= 11 is 5.92. The van der Waals surface area contributed by atoms with E-state index in [2.05, 4.69) is 6.07 Å². The number of halogens is 1. The highest BCUT2D eigenvalue weighted by molar-refractivity contribution is 6.30. The van der Waals surface area contributed by atoms with E-state index in [9.17, 15) is 5.26 Å². The van der Waals surface area contributed by atoms with Gasteiger partial charge in [0.1, 0.15) is 0 Å². The van der Waals surface area contributed by atoms with Gasteiger partial charge in [-0.3, -0.25) is 0 Å². The molecular weight excluding hydrogens is 334 g/mol. The van der Waals surface area contributed by atoms with Gasteiger partial charge >= 0.3 is 0 Å². The highest BCUT2D eigenvalue weighted by atomic mass is 35.5. The first-order valence-electron chi connectivity index (χ1n) is 8.42. The van der Waals surface area contributed by atoms with Gasteiger partial charge in [0.05, 0.1) is 24.9 Å². The molecule has 0 aliphatic heterocycles. The highest BCUT2D eigenvalue weighted by Gasteiger charge is 2.18. The van der Waals surface area contributed by atoms with Crippen molar-refractivity contribution in [3.8, 4) is 17.6 Å². The number of allylic oxidation sites excluding steroid dienone is 1. The lowest BCUT2D eigenvalue weighted by Crippen LogP contribution is -2.11. The Bertz CT molecular complexity index is 800. The molecule has 0 saturated heterocycles. The van der Waals surface area contributed by atoms with Crippen LogP contribution in [-0.4, -0.2) is 13.2 Å². The molecule has 0 spiro atoms. The van der Waals surface area contributed by atoms with Gasteiger partial charge in [0, 0.05) is 5.02 Å². The molecule has 0 atom stereocenters. The monoisotopic (exact) mass is 353 g/mol. The van der Waals surface area contributed by atoms with E-state index in [1.165, 1.54) is 12.8 Å². The summed E-state index contributed by atoms with van der Waals surface area (Å²) in [7, 11) is 1.64. The quantitative estimate of drug-likeness (QED) is 0.509. The fraction of sp³-hybridized carbons (Fsp3) is 0.286. The lowest BCUT2D eigenvalue weighted by molar-refractivity contribution is 0.201. The largest absolute Gasteiger partial charge is 0.493 e. The number of nitriles is 1. The highest BCUT2D eigenvalue weighted by Crippen LogP contribution is 2.33. The topological polar surface area (TPSA) is 42.2 Å². The number of hydrogen-bond donors (Lipinski definition) is 0. The summed E-state index contributed by atoms with van der Waals surface area (Å²) in [6.45, 7) is 0. The second-order valence-electron chi connectivity index (χ2n) is 6.11.